The fourth-order valence-corrected chi connectivity index (χ4v) is 2.81. The molecule has 0 aliphatic heterocycles. The standard InChI is InChI=1S/C16H19NO3S/c1-4-14-5-6-15(21-14)10-17-16(18)11-7-12(19-2)9-13(8-11)20-3/h5-9H,4,10H2,1-3H3,(H,17,18). The summed E-state index contributed by atoms with van der Waals surface area (Å²) in [6.07, 6.45) is 1.02. The number of ether oxygens (including phenoxy) is 2. The molecule has 0 saturated heterocycles. The van der Waals surface area contributed by atoms with Crippen LogP contribution in [0.3, 0.4) is 0 Å². The van der Waals surface area contributed by atoms with Crippen LogP contribution in [0.15, 0.2) is 30.3 Å². The summed E-state index contributed by atoms with van der Waals surface area (Å²) < 4.78 is 10.3. The third kappa shape index (κ3) is 3.98. The lowest BCUT2D eigenvalue weighted by Gasteiger charge is -2.08. The Morgan fingerprint density at radius 2 is 1.71 bits per heavy atom. The van der Waals surface area contributed by atoms with E-state index in [1.807, 2.05) is 0 Å². The molecule has 112 valence electrons. The van der Waals surface area contributed by atoms with Crippen molar-refractivity contribution in [3.8, 4) is 11.5 Å². The van der Waals surface area contributed by atoms with E-state index in [0.717, 1.165) is 11.3 Å². The minimum absolute atomic E-state index is 0.140. The van der Waals surface area contributed by atoms with Crippen LogP contribution in [-0.2, 0) is 13.0 Å². The highest BCUT2D eigenvalue weighted by molar-refractivity contribution is 7.11. The largest absolute Gasteiger partial charge is 0.497 e. The molecule has 0 bridgehead atoms. The second-order valence-corrected chi connectivity index (χ2v) is 5.76. The molecule has 0 unspecified atom stereocenters. The number of aryl methyl sites for hydroxylation is 1. The summed E-state index contributed by atoms with van der Waals surface area (Å²) in [4.78, 5) is 14.7. The van der Waals surface area contributed by atoms with Crippen molar-refractivity contribution in [3.63, 3.8) is 0 Å². The second kappa shape index (κ2) is 7.13. The lowest BCUT2D eigenvalue weighted by Crippen LogP contribution is -2.22. The smallest absolute Gasteiger partial charge is 0.251 e. The maximum absolute atomic E-state index is 12.2. The molecule has 0 aliphatic carbocycles. The van der Waals surface area contributed by atoms with Gasteiger partial charge < -0.3 is 14.8 Å². The highest BCUT2D eigenvalue weighted by atomic mass is 32.1. The van der Waals surface area contributed by atoms with Gasteiger partial charge in [0.25, 0.3) is 5.91 Å². The number of benzene rings is 1. The molecule has 1 heterocycles. The highest BCUT2D eigenvalue weighted by Gasteiger charge is 2.10. The maximum Gasteiger partial charge on any atom is 0.251 e. The number of amides is 1. The first-order valence-electron chi connectivity index (χ1n) is 6.75. The molecule has 2 aromatic rings. The van der Waals surface area contributed by atoms with Crippen LogP contribution in [0.5, 0.6) is 11.5 Å². The topological polar surface area (TPSA) is 47.6 Å². The van der Waals surface area contributed by atoms with Gasteiger partial charge >= 0.3 is 0 Å². The van der Waals surface area contributed by atoms with Crippen molar-refractivity contribution < 1.29 is 14.3 Å². The molecule has 21 heavy (non-hydrogen) atoms. The lowest BCUT2D eigenvalue weighted by molar-refractivity contribution is 0.0950. The van der Waals surface area contributed by atoms with E-state index < -0.39 is 0 Å². The van der Waals surface area contributed by atoms with E-state index in [0.29, 0.717) is 23.6 Å². The van der Waals surface area contributed by atoms with Gasteiger partial charge in [-0.25, -0.2) is 0 Å². The molecule has 1 amide bonds. The second-order valence-electron chi connectivity index (χ2n) is 4.51. The van der Waals surface area contributed by atoms with Crippen LogP contribution in [0.1, 0.15) is 27.0 Å². The summed E-state index contributed by atoms with van der Waals surface area (Å²) in [5.74, 6) is 1.06. The zero-order valence-corrected chi connectivity index (χ0v) is 13.3. The van der Waals surface area contributed by atoms with Gasteiger partial charge in [-0.15, -0.1) is 11.3 Å². The Labute approximate surface area is 128 Å². The number of rotatable bonds is 6. The highest BCUT2D eigenvalue weighted by Crippen LogP contribution is 2.22. The normalized spacial score (nSPS) is 10.2. The van der Waals surface area contributed by atoms with Crippen LogP contribution in [0, 0.1) is 0 Å². The van der Waals surface area contributed by atoms with Crippen LogP contribution in [-0.4, -0.2) is 20.1 Å². The molecule has 0 aliphatic rings. The summed E-state index contributed by atoms with van der Waals surface area (Å²) in [5.41, 5.74) is 0.526. The molecular formula is C16H19NO3S. The van der Waals surface area contributed by atoms with Crippen LogP contribution in [0.2, 0.25) is 0 Å². The third-order valence-corrected chi connectivity index (χ3v) is 4.33. The number of carbonyl (C=O) groups is 1. The quantitative estimate of drug-likeness (QED) is 0.891. The van der Waals surface area contributed by atoms with Crippen molar-refractivity contribution in [1.82, 2.24) is 5.32 Å². The van der Waals surface area contributed by atoms with Gasteiger partial charge in [-0.05, 0) is 30.7 Å². The van der Waals surface area contributed by atoms with Gasteiger partial charge in [0.15, 0.2) is 0 Å². The van der Waals surface area contributed by atoms with E-state index in [-0.39, 0.29) is 5.91 Å². The van der Waals surface area contributed by atoms with Crippen molar-refractivity contribution in [2.24, 2.45) is 0 Å². The molecule has 1 aromatic heterocycles. The van der Waals surface area contributed by atoms with Crippen molar-refractivity contribution in [3.05, 3.63) is 45.6 Å². The first-order valence-corrected chi connectivity index (χ1v) is 7.56. The molecule has 5 heteroatoms. The Morgan fingerprint density at radius 3 is 2.24 bits per heavy atom. The maximum atomic E-state index is 12.2. The van der Waals surface area contributed by atoms with Crippen molar-refractivity contribution in [2.75, 3.05) is 14.2 Å². The van der Waals surface area contributed by atoms with Gasteiger partial charge in [0.1, 0.15) is 11.5 Å². The summed E-state index contributed by atoms with van der Waals surface area (Å²) >= 11 is 1.72. The fourth-order valence-electron chi connectivity index (χ4n) is 1.92. The van der Waals surface area contributed by atoms with Crippen molar-refractivity contribution >= 4 is 17.2 Å². The molecule has 0 atom stereocenters. The first kappa shape index (κ1) is 15.4. The third-order valence-electron chi connectivity index (χ3n) is 3.10. The van der Waals surface area contributed by atoms with Gasteiger partial charge in [-0.2, -0.15) is 0 Å². The summed E-state index contributed by atoms with van der Waals surface area (Å²) in [7, 11) is 3.13. The lowest BCUT2D eigenvalue weighted by atomic mass is 10.2. The number of hydrogen-bond acceptors (Lipinski definition) is 4. The molecule has 1 aromatic carbocycles. The molecule has 4 nitrogen and oxygen atoms in total. The van der Waals surface area contributed by atoms with Gasteiger partial charge in [0.2, 0.25) is 0 Å². The van der Waals surface area contributed by atoms with E-state index >= 15 is 0 Å². The van der Waals surface area contributed by atoms with Gasteiger partial charge in [0, 0.05) is 21.4 Å². The predicted molar refractivity (Wildman–Crippen MR) is 84.4 cm³/mol. The molecule has 0 radical (unpaired) electrons. The van der Waals surface area contributed by atoms with Gasteiger partial charge in [-0.3, -0.25) is 4.79 Å². The number of thiophene rings is 1. The zero-order valence-electron chi connectivity index (χ0n) is 12.4. The Bertz CT molecular complexity index is 599. The molecular weight excluding hydrogens is 286 g/mol. The van der Waals surface area contributed by atoms with Crippen LogP contribution < -0.4 is 14.8 Å². The fraction of sp³-hybridized carbons (Fsp3) is 0.312. The SMILES string of the molecule is CCc1ccc(CNC(=O)c2cc(OC)cc(OC)c2)s1. The number of hydrogen-bond donors (Lipinski definition) is 1. The molecule has 0 spiro atoms. The molecule has 2 rings (SSSR count). The van der Waals surface area contributed by atoms with Gasteiger partial charge in [-0.1, -0.05) is 6.92 Å². The zero-order chi connectivity index (χ0) is 15.2. The van der Waals surface area contributed by atoms with Gasteiger partial charge in [0.05, 0.1) is 20.8 Å². The number of carbonyl (C=O) groups excluding carboxylic acids is 1. The van der Waals surface area contributed by atoms with Crippen LogP contribution in [0.25, 0.3) is 0 Å². The van der Waals surface area contributed by atoms with Crippen LogP contribution in [0.4, 0.5) is 0 Å². The Kier molecular flexibility index (Phi) is 5.22. The van der Waals surface area contributed by atoms with Crippen LogP contribution >= 0.6 is 11.3 Å². The Hall–Kier alpha value is -2.01. The summed E-state index contributed by atoms with van der Waals surface area (Å²) in [6, 6.07) is 9.29. The van der Waals surface area contributed by atoms with Crippen molar-refractivity contribution in [2.45, 2.75) is 19.9 Å². The molecule has 0 fully saturated rings. The predicted octanol–water partition coefficient (Wildman–Crippen LogP) is 3.26. The number of methoxy groups -OCH3 is 2. The monoisotopic (exact) mass is 305 g/mol. The summed E-state index contributed by atoms with van der Waals surface area (Å²) in [5, 5.41) is 2.92. The first-order chi connectivity index (χ1) is 10.2. The minimum atomic E-state index is -0.140. The Morgan fingerprint density at radius 1 is 1.10 bits per heavy atom. The Balaban J connectivity index is 2.05. The number of nitrogens with one attached hydrogen (secondary N) is 1. The van der Waals surface area contributed by atoms with E-state index in [4.69, 9.17) is 9.47 Å². The van der Waals surface area contributed by atoms with E-state index in [1.165, 1.54) is 4.88 Å². The van der Waals surface area contributed by atoms with E-state index in [2.05, 4.69) is 24.4 Å². The minimum Gasteiger partial charge on any atom is -0.497 e. The average molecular weight is 305 g/mol. The summed E-state index contributed by atoms with van der Waals surface area (Å²) in [6.45, 7) is 2.65. The average Bonchev–Trinajstić information content (AvgIpc) is 3.00. The van der Waals surface area contributed by atoms with Crippen molar-refractivity contribution in [1.29, 1.82) is 0 Å². The van der Waals surface area contributed by atoms with E-state index in [1.54, 1.807) is 43.8 Å². The molecule has 1 N–H and O–H groups in total. The molecule has 0 saturated carbocycles. The van der Waals surface area contributed by atoms with E-state index in [9.17, 15) is 4.79 Å².